The number of carboxylic acid groups (broad SMARTS) is 1. The molecule has 1 N–H and O–H groups in total. The van der Waals surface area contributed by atoms with E-state index in [1.807, 2.05) is 72.8 Å². The van der Waals surface area contributed by atoms with Gasteiger partial charge in [0.1, 0.15) is 11.4 Å². The van der Waals surface area contributed by atoms with Crippen LogP contribution in [0.1, 0.15) is 16.2 Å². The first-order chi connectivity index (χ1) is 14.6. The summed E-state index contributed by atoms with van der Waals surface area (Å²) < 4.78 is 3.35. The number of rotatable bonds is 4. The van der Waals surface area contributed by atoms with E-state index in [4.69, 9.17) is 0 Å². The van der Waals surface area contributed by atoms with Crippen molar-refractivity contribution in [2.45, 2.75) is 6.92 Å². The lowest BCUT2D eigenvalue weighted by Gasteiger charge is -2.13. The molecule has 0 unspecified atom stereocenters. The van der Waals surface area contributed by atoms with Gasteiger partial charge in [-0.05, 0) is 35.9 Å². The van der Waals surface area contributed by atoms with Gasteiger partial charge in [0.15, 0.2) is 11.6 Å². The first-order valence-corrected chi connectivity index (χ1v) is 9.42. The van der Waals surface area contributed by atoms with E-state index in [2.05, 4.69) is 15.3 Å². The smallest absolute Gasteiger partial charge is 0.341 e. The lowest BCUT2D eigenvalue weighted by atomic mass is 10.1. The molecule has 7 nitrogen and oxygen atoms in total. The number of fused-ring (bicyclic) bond motifs is 1. The van der Waals surface area contributed by atoms with Crippen LogP contribution >= 0.6 is 0 Å². The highest BCUT2D eigenvalue weighted by molar-refractivity contribution is 5.92. The highest BCUT2D eigenvalue weighted by Gasteiger charge is 2.24. The molecule has 0 spiro atoms. The molecule has 7 heteroatoms. The molecule has 0 amide bonds. The number of nitrogens with zero attached hydrogens (tertiary/aromatic N) is 5. The van der Waals surface area contributed by atoms with Gasteiger partial charge < -0.3 is 5.11 Å². The summed E-state index contributed by atoms with van der Waals surface area (Å²) in [6, 6.07) is 23.5. The number of carboxylic acids is 1. The van der Waals surface area contributed by atoms with E-state index in [0.29, 0.717) is 17.5 Å². The van der Waals surface area contributed by atoms with Gasteiger partial charge in [0.25, 0.3) is 0 Å². The van der Waals surface area contributed by atoms with E-state index in [9.17, 15) is 9.90 Å². The van der Waals surface area contributed by atoms with E-state index in [1.54, 1.807) is 16.2 Å². The zero-order chi connectivity index (χ0) is 20.7. The van der Waals surface area contributed by atoms with Crippen LogP contribution in [0.4, 0.5) is 0 Å². The number of benzene rings is 3. The van der Waals surface area contributed by atoms with Crippen LogP contribution in [0.15, 0.2) is 79.0 Å². The van der Waals surface area contributed by atoms with Gasteiger partial charge in [0.2, 0.25) is 0 Å². The van der Waals surface area contributed by atoms with Crippen LogP contribution in [0.3, 0.4) is 0 Å². The van der Waals surface area contributed by atoms with Gasteiger partial charge in [-0.25, -0.2) is 9.48 Å². The Morgan fingerprint density at radius 1 is 0.900 bits per heavy atom. The molecular formula is C23H17N5O2. The van der Waals surface area contributed by atoms with Crippen molar-refractivity contribution < 1.29 is 9.90 Å². The third-order valence-corrected chi connectivity index (χ3v) is 5.02. The van der Waals surface area contributed by atoms with Crippen molar-refractivity contribution in [3.63, 3.8) is 0 Å². The summed E-state index contributed by atoms with van der Waals surface area (Å²) in [4.78, 5) is 12.0. The van der Waals surface area contributed by atoms with Crippen LogP contribution in [0.5, 0.6) is 0 Å². The second-order valence-electron chi connectivity index (χ2n) is 6.90. The van der Waals surface area contributed by atoms with Gasteiger partial charge in [0.05, 0.1) is 11.9 Å². The Balaban J connectivity index is 1.77. The second-order valence-corrected chi connectivity index (χ2v) is 6.90. The molecule has 2 aromatic heterocycles. The molecule has 5 rings (SSSR count). The quantitative estimate of drug-likeness (QED) is 0.491. The fraction of sp³-hybridized carbons (Fsp3) is 0.0435. The van der Waals surface area contributed by atoms with E-state index < -0.39 is 5.97 Å². The van der Waals surface area contributed by atoms with Crippen LogP contribution in [0, 0.1) is 6.92 Å². The zero-order valence-corrected chi connectivity index (χ0v) is 16.1. The molecule has 0 saturated carbocycles. The van der Waals surface area contributed by atoms with E-state index in [0.717, 1.165) is 22.0 Å². The van der Waals surface area contributed by atoms with Crippen LogP contribution in [-0.2, 0) is 0 Å². The molecular weight excluding hydrogens is 378 g/mol. The summed E-state index contributed by atoms with van der Waals surface area (Å²) >= 11 is 0. The maximum atomic E-state index is 12.0. The molecule has 0 aliphatic carbocycles. The molecule has 30 heavy (non-hydrogen) atoms. The fourth-order valence-electron chi connectivity index (χ4n) is 3.60. The Morgan fingerprint density at radius 2 is 1.63 bits per heavy atom. The SMILES string of the molecule is Cc1nnc(-c2ccc3ccccc3c2)n1-c1c(C(=O)O)cnn1-c1ccccc1. The Kier molecular flexibility index (Phi) is 4.14. The predicted molar refractivity (Wildman–Crippen MR) is 113 cm³/mol. The van der Waals surface area contributed by atoms with Crippen LogP contribution in [0.2, 0.25) is 0 Å². The molecule has 0 saturated heterocycles. The summed E-state index contributed by atoms with van der Waals surface area (Å²) in [5.41, 5.74) is 1.66. The third kappa shape index (κ3) is 2.84. The average molecular weight is 395 g/mol. The maximum absolute atomic E-state index is 12.0. The van der Waals surface area contributed by atoms with Crippen molar-refractivity contribution in [1.82, 2.24) is 24.5 Å². The van der Waals surface area contributed by atoms with Crippen molar-refractivity contribution in [1.29, 1.82) is 0 Å². The Hall–Kier alpha value is -4.26. The van der Waals surface area contributed by atoms with Gasteiger partial charge >= 0.3 is 5.97 Å². The van der Waals surface area contributed by atoms with E-state index >= 15 is 0 Å². The molecule has 146 valence electrons. The van der Waals surface area contributed by atoms with Crippen molar-refractivity contribution >= 4 is 16.7 Å². The molecule has 0 atom stereocenters. The highest BCUT2D eigenvalue weighted by atomic mass is 16.4. The van der Waals surface area contributed by atoms with Gasteiger partial charge in [-0.3, -0.25) is 4.57 Å². The van der Waals surface area contributed by atoms with Crippen LogP contribution in [-0.4, -0.2) is 35.6 Å². The fourth-order valence-corrected chi connectivity index (χ4v) is 3.60. The first kappa shape index (κ1) is 17.8. The van der Waals surface area contributed by atoms with Gasteiger partial charge in [0, 0.05) is 5.56 Å². The first-order valence-electron chi connectivity index (χ1n) is 9.42. The molecule has 0 fully saturated rings. The topological polar surface area (TPSA) is 85.8 Å². The molecule has 5 aromatic rings. The van der Waals surface area contributed by atoms with Gasteiger partial charge in [-0.1, -0.05) is 54.6 Å². The minimum atomic E-state index is -1.07. The van der Waals surface area contributed by atoms with Gasteiger partial charge in [-0.15, -0.1) is 10.2 Å². The number of carbonyl (C=O) groups is 1. The monoisotopic (exact) mass is 395 g/mol. The maximum Gasteiger partial charge on any atom is 0.341 e. The normalized spacial score (nSPS) is 11.1. The van der Waals surface area contributed by atoms with Crippen molar-refractivity contribution in [3.05, 3.63) is 90.4 Å². The summed E-state index contributed by atoms with van der Waals surface area (Å²) in [5, 5.41) is 24.9. The Labute approximate surface area is 171 Å². The summed E-state index contributed by atoms with van der Waals surface area (Å²) in [7, 11) is 0. The number of hydrogen-bond acceptors (Lipinski definition) is 4. The summed E-state index contributed by atoms with van der Waals surface area (Å²) in [6.07, 6.45) is 1.36. The molecule has 3 aromatic carbocycles. The van der Waals surface area contributed by atoms with E-state index in [1.165, 1.54) is 6.20 Å². The number of para-hydroxylation sites is 1. The number of aromatic nitrogens is 5. The Bertz CT molecular complexity index is 1390. The molecule has 0 bridgehead atoms. The standard InChI is InChI=1S/C23H17N5O2/c1-15-25-26-21(18-12-11-16-7-5-6-8-17(16)13-18)27(15)22-20(23(29)30)14-24-28(22)19-9-3-2-4-10-19/h2-14H,1H3,(H,29,30). The van der Waals surface area contributed by atoms with Crippen LogP contribution in [0.25, 0.3) is 33.7 Å². The zero-order valence-electron chi connectivity index (χ0n) is 16.1. The number of hydrogen-bond donors (Lipinski definition) is 1. The molecule has 0 aliphatic rings. The van der Waals surface area contributed by atoms with Crippen LogP contribution < -0.4 is 0 Å². The average Bonchev–Trinajstić information content (AvgIpc) is 3.37. The summed E-state index contributed by atoms with van der Waals surface area (Å²) in [5.74, 6) is 0.445. The molecule has 0 radical (unpaired) electrons. The minimum absolute atomic E-state index is 0.0730. The lowest BCUT2D eigenvalue weighted by Crippen LogP contribution is -2.12. The largest absolute Gasteiger partial charge is 0.477 e. The molecule has 2 heterocycles. The highest BCUT2D eigenvalue weighted by Crippen LogP contribution is 2.29. The summed E-state index contributed by atoms with van der Waals surface area (Å²) in [6.45, 7) is 1.80. The second kappa shape index (κ2) is 6.97. The van der Waals surface area contributed by atoms with Crippen molar-refractivity contribution in [2.24, 2.45) is 0 Å². The Morgan fingerprint density at radius 3 is 2.40 bits per heavy atom. The number of aryl methyl sites for hydroxylation is 1. The minimum Gasteiger partial charge on any atom is -0.477 e. The van der Waals surface area contributed by atoms with Gasteiger partial charge in [-0.2, -0.15) is 5.10 Å². The van der Waals surface area contributed by atoms with Crippen molar-refractivity contribution in [3.8, 4) is 22.9 Å². The lowest BCUT2D eigenvalue weighted by molar-refractivity contribution is 0.0697. The van der Waals surface area contributed by atoms with E-state index in [-0.39, 0.29) is 5.56 Å². The predicted octanol–water partition coefficient (Wildman–Crippen LogP) is 4.28. The van der Waals surface area contributed by atoms with Crippen molar-refractivity contribution in [2.75, 3.05) is 0 Å². The third-order valence-electron chi connectivity index (χ3n) is 5.02. The molecule has 0 aliphatic heterocycles. The number of aromatic carboxylic acids is 1.